The van der Waals surface area contributed by atoms with Crippen LogP contribution in [0.2, 0.25) is 0 Å². The van der Waals surface area contributed by atoms with Gasteiger partial charge in [0.15, 0.2) is 0 Å². The minimum atomic E-state index is -0.293. The molecule has 0 aliphatic heterocycles. The number of nitrogens with zero attached hydrogens (tertiary/aromatic N) is 2. The van der Waals surface area contributed by atoms with E-state index in [1.54, 1.807) is 23.9 Å². The summed E-state index contributed by atoms with van der Waals surface area (Å²) >= 11 is 3.35. The van der Waals surface area contributed by atoms with Crippen LogP contribution < -0.4 is 5.73 Å². The Kier molecular flexibility index (Phi) is 3.43. The first-order valence-corrected chi connectivity index (χ1v) is 6.49. The molecule has 2 rings (SSSR count). The first-order chi connectivity index (χ1) is 8.41. The van der Waals surface area contributed by atoms with Gasteiger partial charge >= 0.3 is 0 Å². The molecule has 0 radical (unpaired) electrons. The number of hydrogen-bond donors (Lipinski definition) is 1. The molecule has 1 aromatic carbocycles. The molecule has 2 aromatic rings. The van der Waals surface area contributed by atoms with E-state index >= 15 is 0 Å². The molecule has 5 heteroatoms. The molecular weight excluding hydrogens is 297 g/mol. The largest absolute Gasteiger partial charge is 0.384 e. The maximum absolute atomic E-state index is 13.9. The van der Waals surface area contributed by atoms with Gasteiger partial charge in [0.1, 0.15) is 17.3 Å². The maximum Gasteiger partial charge on any atom is 0.132 e. The third-order valence-corrected chi connectivity index (χ3v) is 3.38. The molecule has 0 bridgehead atoms. The highest BCUT2D eigenvalue weighted by Crippen LogP contribution is 2.34. The number of rotatable bonds is 2. The van der Waals surface area contributed by atoms with Gasteiger partial charge in [0.05, 0.1) is 0 Å². The highest BCUT2D eigenvalue weighted by Gasteiger charge is 2.20. The zero-order valence-electron chi connectivity index (χ0n) is 10.5. The number of benzene rings is 1. The summed E-state index contributed by atoms with van der Waals surface area (Å²) < 4.78 is 16.3. The Hall–Kier alpha value is -1.36. The number of aromatic nitrogens is 2. The monoisotopic (exact) mass is 311 g/mol. The van der Waals surface area contributed by atoms with Crippen molar-refractivity contribution in [3.05, 3.63) is 34.1 Å². The van der Waals surface area contributed by atoms with Crippen molar-refractivity contribution >= 4 is 21.7 Å². The van der Waals surface area contributed by atoms with E-state index < -0.39 is 0 Å². The lowest BCUT2D eigenvalue weighted by molar-refractivity contribution is 0.629. The molecule has 0 amide bonds. The molecular formula is C13H15BrFN3. The number of anilines is 1. The highest BCUT2D eigenvalue weighted by molar-refractivity contribution is 9.10. The van der Waals surface area contributed by atoms with E-state index in [4.69, 9.17) is 5.73 Å². The summed E-state index contributed by atoms with van der Waals surface area (Å²) in [7, 11) is 1.76. The van der Waals surface area contributed by atoms with Gasteiger partial charge in [-0.3, -0.25) is 4.68 Å². The SMILES string of the molecule is CC(C)c1c(-c2cc(Br)ccc2F)nn(C)c1N. The van der Waals surface area contributed by atoms with E-state index in [1.807, 2.05) is 13.8 Å². The van der Waals surface area contributed by atoms with E-state index in [0.29, 0.717) is 17.1 Å². The van der Waals surface area contributed by atoms with Crippen molar-refractivity contribution in [3.63, 3.8) is 0 Å². The smallest absolute Gasteiger partial charge is 0.132 e. The normalized spacial score (nSPS) is 11.2. The second-order valence-corrected chi connectivity index (χ2v) is 5.47. The third-order valence-electron chi connectivity index (χ3n) is 2.89. The van der Waals surface area contributed by atoms with E-state index in [1.165, 1.54) is 6.07 Å². The second kappa shape index (κ2) is 4.72. The number of aryl methyl sites for hydroxylation is 1. The van der Waals surface area contributed by atoms with Crippen molar-refractivity contribution in [1.29, 1.82) is 0 Å². The zero-order valence-corrected chi connectivity index (χ0v) is 12.1. The van der Waals surface area contributed by atoms with Crippen LogP contribution in [0, 0.1) is 5.82 Å². The number of hydrogen-bond acceptors (Lipinski definition) is 2. The van der Waals surface area contributed by atoms with Gasteiger partial charge in [-0.1, -0.05) is 29.8 Å². The van der Waals surface area contributed by atoms with Crippen molar-refractivity contribution < 1.29 is 4.39 Å². The molecule has 0 unspecified atom stereocenters. The third kappa shape index (κ3) is 2.14. The van der Waals surface area contributed by atoms with Crippen LogP contribution >= 0.6 is 15.9 Å². The lowest BCUT2D eigenvalue weighted by Crippen LogP contribution is -2.00. The maximum atomic E-state index is 13.9. The standard InChI is InChI=1S/C13H15BrFN3/c1-7(2)11-12(17-18(3)13(11)16)9-6-8(14)4-5-10(9)15/h4-7H,16H2,1-3H3. The molecule has 96 valence electrons. The fraction of sp³-hybridized carbons (Fsp3) is 0.308. The van der Waals surface area contributed by atoms with Crippen LogP contribution in [0.5, 0.6) is 0 Å². The number of nitrogens with two attached hydrogens (primary N) is 1. The summed E-state index contributed by atoms with van der Waals surface area (Å²) in [5, 5.41) is 4.33. The summed E-state index contributed by atoms with van der Waals surface area (Å²) in [5.74, 6) is 0.477. The summed E-state index contributed by atoms with van der Waals surface area (Å²) in [4.78, 5) is 0. The molecule has 3 nitrogen and oxygen atoms in total. The molecule has 0 atom stereocenters. The fourth-order valence-corrected chi connectivity index (χ4v) is 2.36. The quantitative estimate of drug-likeness (QED) is 0.919. The summed E-state index contributed by atoms with van der Waals surface area (Å²) in [6.07, 6.45) is 0. The minimum Gasteiger partial charge on any atom is -0.384 e. The van der Waals surface area contributed by atoms with Gasteiger partial charge in [-0.15, -0.1) is 0 Å². The van der Waals surface area contributed by atoms with Gasteiger partial charge < -0.3 is 5.73 Å². The Morgan fingerprint density at radius 3 is 2.67 bits per heavy atom. The summed E-state index contributed by atoms with van der Waals surface area (Å²) in [6.45, 7) is 4.04. The van der Waals surface area contributed by atoms with Gasteiger partial charge in [0, 0.05) is 22.6 Å². The van der Waals surface area contributed by atoms with Crippen molar-refractivity contribution in [1.82, 2.24) is 9.78 Å². The molecule has 0 spiro atoms. The highest BCUT2D eigenvalue weighted by atomic mass is 79.9. The van der Waals surface area contributed by atoms with Crippen LogP contribution in [0.4, 0.5) is 10.2 Å². The topological polar surface area (TPSA) is 43.8 Å². The summed E-state index contributed by atoms with van der Waals surface area (Å²) in [6, 6.07) is 4.82. The molecule has 1 aromatic heterocycles. The number of nitrogen functional groups attached to an aromatic ring is 1. The second-order valence-electron chi connectivity index (χ2n) is 4.55. The van der Waals surface area contributed by atoms with Gasteiger partial charge in [-0.05, 0) is 24.1 Å². The predicted octanol–water partition coefficient (Wildman–Crippen LogP) is 3.69. The first kappa shape index (κ1) is 13.1. The summed E-state index contributed by atoms with van der Waals surface area (Å²) in [5.41, 5.74) is 7.97. The Bertz CT molecular complexity index is 590. The average molecular weight is 312 g/mol. The minimum absolute atomic E-state index is 0.187. The lowest BCUT2D eigenvalue weighted by atomic mass is 9.98. The molecule has 2 N–H and O–H groups in total. The van der Waals surface area contributed by atoms with Crippen molar-refractivity contribution in [2.75, 3.05) is 5.73 Å². The van der Waals surface area contributed by atoms with Crippen LogP contribution in [0.25, 0.3) is 11.3 Å². The average Bonchev–Trinajstić information content (AvgIpc) is 2.59. The zero-order chi connectivity index (χ0) is 13.4. The van der Waals surface area contributed by atoms with Gasteiger partial charge in [-0.25, -0.2) is 4.39 Å². The van der Waals surface area contributed by atoms with E-state index in [-0.39, 0.29) is 11.7 Å². The molecule has 0 fully saturated rings. The molecule has 0 saturated heterocycles. The van der Waals surface area contributed by atoms with Crippen molar-refractivity contribution in [3.8, 4) is 11.3 Å². The predicted molar refractivity (Wildman–Crippen MR) is 74.8 cm³/mol. The molecule has 18 heavy (non-hydrogen) atoms. The Morgan fingerprint density at radius 2 is 2.06 bits per heavy atom. The van der Waals surface area contributed by atoms with Gasteiger partial charge in [-0.2, -0.15) is 5.10 Å². The van der Waals surface area contributed by atoms with Crippen LogP contribution in [0.15, 0.2) is 22.7 Å². The Labute approximate surface area is 114 Å². The molecule has 0 saturated carbocycles. The van der Waals surface area contributed by atoms with Crippen molar-refractivity contribution in [2.24, 2.45) is 7.05 Å². The van der Waals surface area contributed by atoms with E-state index in [2.05, 4.69) is 21.0 Å². The van der Waals surface area contributed by atoms with Crippen LogP contribution in [-0.4, -0.2) is 9.78 Å². The van der Waals surface area contributed by atoms with Crippen LogP contribution in [0.1, 0.15) is 25.3 Å². The van der Waals surface area contributed by atoms with E-state index in [0.717, 1.165) is 10.0 Å². The van der Waals surface area contributed by atoms with Crippen molar-refractivity contribution in [2.45, 2.75) is 19.8 Å². The lowest BCUT2D eigenvalue weighted by Gasteiger charge is -2.08. The Morgan fingerprint density at radius 1 is 1.39 bits per heavy atom. The van der Waals surface area contributed by atoms with E-state index in [9.17, 15) is 4.39 Å². The number of halogens is 2. The van der Waals surface area contributed by atoms with Gasteiger partial charge in [0.25, 0.3) is 0 Å². The van der Waals surface area contributed by atoms with Gasteiger partial charge in [0.2, 0.25) is 0 Å². The molecule has 0 aliphatic carbocycles. The Balaban J connectivity index is 2.71. The van der Waals surface area contributed by atoms with Crippen LogP contribution in [-0.2, 0) is 7.05 Å². The molecule has 1 heterocycles. The van der Waals surface area contributed by atoms with Crippen LogP contribution in [0.3, 0.4) is 0 Å². The molecule has 0 aliphatic rings. The first-order valence-electron chi connectivity index (χ1n) is 5.69. The fourth-order valence-electron chi connectivity index (χ4n) is 2.00.